The molecule has 4 heteroatoms. The van der Waals surface area contributed by atoms with Crippen molar-refractivity contribution < 1.29 is 0 Å². The number of hydrogen-bond acceptors (Lipinski definition) is 3. The van der Waals surface area contributed by atoms with Crippen LogP contribution in [0, 0.1) is 11.8 Å². The Balaban J connectivity index is 1.77. The first kappa shape index (κ1) is 14.1. The summed E-state index contributed by atoms with van der Waals surface area (Å²) in [7, 11) is 0. The lowest BCUT2D eigenvalue weighted by molar-refractivity contribution is 0.164. The van der Waals surface area contributed by atoms with Crippen LogP contribution < -0.4 is 5.73 Å². The molecular formula is C15H23BrN2S. The summed E-state index contributed by atoms with van der Waals surface area (Å²) < 4.78 is 1.19. The fourth-order valence-corrected chi connectivity index (χ4v) is 4.51. The van der Waals surface area contributed by atoms with Crippen LogP contribution in [0.15, 0.2) is 15.9 Å². The normalized spacial score (nSPS) is 22.7. The summed E-state index contributed by atoms with van der Waals surface area (Å²) in [6, 6.07) is 2.85. The monoisotopic (exact) mass is 342 g/mol. The van der Waals surface area contributed by atoms with Gasteiger partial charge in [0, 0.05) is 33.9 Å². The van der Waals surface area contributed by atoms with Gasteiger partial charge in [-0.1, -0.05) is 0 Å². The van der Waals surface area contributed by atoms with Gasteiger partial charge >= 0.3 is 0 Å². The molecule has 0 spiro atoms. The van der Waals surface area contributed by atoms with Crippen LogP contribution in [0.3, 0.4) is 0 Å². The third kappa shape index (κ3) is 3.81. The first-order valence-corrected chi connectivity index (χ1v) is 9.04. The molecule has 1 aromatic rings. The second-order valence-corrected chi connectivity index (χ2v) is 8.17. The number of nitrogens with zero attached hydrogens (tertiary/aromatic N) is 1. The second kappa shape index (κ2) is 5.84. The Morgan fingerprint density at radius 3 is 2.26 bits per heavy atom. The van der Waals surface area contributed by atoms with Crippen LogP contribution >= 0.6 is 27.3 Å². The molecule has 2 atom stereocenters. The molecule has 2 aliphatic carbocycles. The summed E-state index contributed by atoms with van der Waals surface area (Å²) in [5.74, 6) is 1.87. The number of nitrogens with two attached hydrogens (primary N) is 1. The molecule has 19 heavy (non-hydrogen) atoms. The standard InChI is InChI=1S/C15H23BrN2S/c1-10(17)15(14-6-13(16)9-19-14)18(7-11-2-3-11)8-12-4-5-12/h6,9-12,15H,2-5,7-8,17H2,1H3. The third-order valence-electron chi connectivity index (χ3n) is 4.15. The summed E-state index contributed by atoms with van der Waals surface area (Å²) in [6.45, 7) is 4.65. The lowest BCUT2D eigenvalue weighted by Gasteiger charge is -2.34. The van der Waals surface area contributed by atoms with E-state index in [0.29, 0.717) is 6.04 Å². The minimum atomic E-state index is 0.197. The highest BCUT2D eigenvalue weighted by atomic mass is 79.9. The van der Waals surface area contributed by atoms with Crippen molar-refractivity contribution in [1.82, 2.24) is 4.90 Å². The molecule has 0 aliphatic heterocycles. The van der Waals surface area contributed by atoms with E-state index in [1.807, 2.05) is 11.3 Å². The van der Waals surface area contributed by atoms with Crippen molar-refractivity contribution in [2.75, 3.05) is 13.1 Å². The zero-order chi connectivity index (χ0) is 13.4. The second-order valence-electron chi connectivity index (χ2n) is 6.31. The van der Waals surface area contributed by atoms with E-state index in [0.717, 1.165) is 11.8 Å². The molecule has 0 bridgehead atoms. The Labute approximate surface area is 128 Å². The van der Waals surface area contributed by atoms with Crippen molar-refractivity contribution in [3.05, 3.63) is 20.8 Å². The van der Waals surface area contributed by atoms with Crippen LogP contribution in [0.1, 0.15) is 43.5 Å². The Morgan fingerprint density at radius 1 is 1.32 bits per heavy atom. The summed E-state index contributed by atoms with van der Waals surface area (Å²) in [5.41, 5.74) is 6.32. The number of hydrogen-bond donors (Lipinski definition) is 1. The molecule has 2 nitrogen and oxygen atoms in total. The van der Waals surface area contributed by atoms with E-state index in [-0.39, 0.29) is 6.04 Å². The molecule has 2 saturated carbocycles. The summed E-state index contributed by atoms with van der Waals surface area (Å²) in [6.07, 6.45) is 5.67. The topological polar surface area (TPSA) is 29.3 Å². The molecule has 2 unspecified atom stereocenters. The van der Waals surface area contributed by atoms with E-state index in [1.165, 1.54) is 48.1 Å². The number of halogens is 1. The predicted octanol–water partition coefficient (Wildman–Crippen LogP) is 4.02. The average Bonchev–Trinajstić information content (AvgIpc) is 3.24. The van der Waals surface area contributed by atoms with E-state index in [4.69, 9.17) is 5.73 Å². The molecular weight excluding hydrogens is 320 g/mol. The van der Waals surface area contributed by atoms with Gasteiger partial charge in [-0.15, -0.1) is 11.3 Å². The highest BCUT2D eigenvalue weighted by molar-refractivity contribution is 9.10. The van der Waals surface area contributed by atoms with Gasteiger partial charge in [-0.2, -0.15) is 0 Å². The smallest absolute Gasteiger partial charge is 0.0591 e. The number of rotatable bonds is 7. The fourth-order valence-electron chi connectivity index (χ4n) is 2.82. The van der Waals surface area contributed by atoms with Crippen molar-refractivity contribution in [1.29, 1.82) is 0 Å². The zero-order valence-corrected chi connectivity index (χ0v) is 13.9. The quantitative estimate of drug-likeness (QED) is 0.810. The first-order chi connectivity index (χ1) is 9.13. The highest BCUT2D eigenvalue weighted by Crippen LogP contribution is 2.39. The fraction of sp³-hybridized carbons (Fsp3) is 0.733. The van der Waals surface area contributed by atoms with Crippen molar-refractivity contribution in [2.45, 2.75) is 44.7 Å². The van der Waals surface area contributed by atoms with E-state index in [9.17, 15) is 0 Å². The molecule has 0 saturated heterocycles. The van der Waals surface area contributed by atoms with Gasteiger partial charge in [0.15, 0.2) is 0 Å². The van der Waals surface area contributed by atoms with Crippen molar-refractivity contribution in [3.8, 4) is 0 Å². The Kier molecular flexibility index (Phi) is 4.32. The lowest BCUT2D eigenvalue weighted by atomic mass is 10.1. The highest BCUT2D eigenvalue weighted by Gasteiger charge is 2.34. The Morgan fingerprint density at radius 2 is 1.89 bits per heavy atom. The first-order valence-electron chi connectivity index (χ1n) is 7.37. The van der Waals surface area contributed by atoms with Gasteiger partial charge < -0.3 is 5.73 Å². The lowest BCUT2D eigenvalue weighted by Crippen LogP contribution is -2.41. The van der Waals surface area contributed by atoms with Crippen molar-refractivity contribution >= 4 is 27.3 Å². The van der Waals surface area contributed by atoms with Gasteiger partial charge in [-0.05, 0) is 66.4 Å². The van der Waals surface area contributed by atoms with Crippen molar-refractivity contribution in [2.24, 2.45) is 17.6 Å². The van der Waals surface area contributed by atoms with Gasteiger partial charge in [0.1, 0.15) is 0 Å². The van der Waals surface area contributed by atoms with Gasteiger partial charge in [-0.25, -0.2) is 0 Å². The van der Waals surface area contributed by atoms with E-state index in [1.54, 1.807) is 0 Å². The van der Waals surface area contributed by atoms with E-state index in [2.05, 4.69) is 39.2 Å². The van der Waals surface area contributed by atoms with Crippen LogP contribution in [0.2, 0.25) is 0 Å². The van der Waals surface area contributed by atoms with Crippen LogP contribution in [0.25, 0.3) is 0 Å². The molecule has 2 fully saturated rings. The molecule has 106 valence electrons. The van der Waals surface area contributed by atoms with Crippen molar-refractivity contribution in [3.63, 3.8) is 0 Å². The van der Waals surface area contributed by atoms with Crippen LogP contribution in [-0.4, -0.2) is 24.0 Å². The molecule has 2 N–H and O–H groups in total. The van der Waals surface area contributed by atoms with Gasteiger partial charge in [-0.3, -0.25) is 4.90 Å². The summed E-state index contributed by atoms with van der Waals surface area (Å²) in [5, 5.41) is 2.18. The maximum Gasteiger partial charge on any atom is 0.0591 e. The van der Waals surface area contributed by atoms with E-state index < -0.39 is 0 Å². The molecule has 0 aromatic carbocycles. The van der Waals surface area contributed by atoms with Gasteiger partial charge in [0.05, 0.1) is 6.04 Å². The molecule has 0 amide bonds. The van der Waals surface area contributed by atoms with Crippen LogP contribution in [0.4, 0.5) is 0 Å². The number of thiophene rings is 1. The largest absolute Gasteiger partial charge is 0.326 e. The molecule has 1 aromatic heterocycles. The maximum absolute atomic E-state index is 6.32. The maximum atomic E-state index is 6.32. The minimum absolute atomic E-state index is 0.197. The summed E-state index contributed by atoms with van der Waals surface area (Å²) in [4.78, 5) is 4.10. The van der Waals surface area contributed by atoms with Gasteiger partial charge in [0.2, 0.25) is 0 Å². The molecule has 0 radical (unpaired) electrons. The summed E-state index contributed by atoms with van der Waals surface area (Å²) >= 11 is 5.42. The molecule has 3 rings (SSSR count). The Hall–Kier alpha value is 0.1000. The third-order valence-corrected chi connectivity index (χ3v) is 5.91. The predicted molar refractivity (Wildman–Crippen MR) is 85.4 cm³/mol. The minimum Gasteiger partial charge on any atom is -0.326 e. The van der Waals surface area contributed by atoms with Crippen LogP contribution in [0.5, 0.6) is 0 Å². The molecule has 2 aliphatic rings. The average molecular weight is 343 g/mol. The van der Waals surface area contributed by atoms with E-state index >= 15 is 0 Å². The molecule has 1 heterocycles. The Bertz CT molecular complexity index is 410. The zero-order valence-electron chi connectivity index (χ0n) is 11.5. The SMILES string of the molecule is CC(N)C(c1cc(Br)cs1)N(CC1CC1)CC1CC1. The van der Waals surface area contributed by atoms with Crippen LogP contribution in [-0.2, 0) is 0 Å². The van der Waals surface area contributed by atoms with Gasteiger partial charge in [0.25, 0.3) is 0 Å².